The average molecular weight is 296 g/mol. The molecule has 0 unspecified atom stereocenters. The molecular weight excluding hydrogens is 272 g/mol. The molecule has 118 valence electrons. The van der Waals surface area contributed by atoms with E-state index in [9.17, 15) is 4.79 Å². The van der Waals surface area contributed by atoms with E-state index in [0.29, 0.717) is 37.4 Å². The number of benzene rings is 1. The molecule has 0 saturated carbocycles. The van der Waals surface area contributed by atoms with Crippen molar-refractivity contribution in [2.75, 3.05) is 45.3 Å². The highest BCUT2D eigenvalue weighted by Gasteiger charge is 2.12. The first-order chi connectivity index (χ1) is 10.2. The summed E-state index contributed by atoms with van der Waals surface area (Å²) in [6.07, 6.45) is 1.21. The maximum atomic E-state index is 12.1. The molecule has 6 heteroatoms. The van der Waals surface area contributed by atoms with Crippen molar-refractivity contribution >= 4 is 11.6 Å². The predicted molar refractivity (Wildman–Crippen MR) is 81.5 cm³/mol. The summed E-state index contributed by atoms with van der Waals surface area (Å²) >= 11 is 0. The Morgan fingerprint density at radius 1 is 1.19 bits per heavy atom. The molecule has 0 aliphatic rings. The van der Waals surface area contributed by atoms with Gasteiger partial charge in [-0.15, -0.1) is 0 Å². The molecule has 3 N–H and O–H groups in total. The van der Waals surface area contributed by atoms with E-state index < -0.39 is 0 Å². The zero-order valence-electron chi connectivity index (χ0n) is 12.4. The molecule has 1 aromatic carbocycles. The van der Waals surface area contributed by atoms with Crippen LogP contribution in [0.15, 0.2) is 24.3 Å². The van der Waals surface area contributed by atoms with Gasteiger partial charge in [0.2, 0.25) is 5.91 Å². The van der Waals surface area contributed by atoms with Crippen LogP contribution in [0.25, 0.3) is 0 Å². The molecule has 0 radical (unpaired) electrons. The summed E-state index contributed by atoms with van der Waals surface area (Å²) < 4.78 is 5.19. The highest BCUT2D eigenvalue weighted by molar-refractivity contribution is 5.93. The maximum absolute atomic E-state index is 12.1. The van der Waals surface area contributed by atoms with Gasteiger partial charge in [0.25, 0.3) is 0 Å². The first kappa shape index (κ1) is 17.4. The molecule has 0 fully saturated rings. The fraction of sp³-hybridized carbons (Fsp3) is 0.533. The van der Waals surface area contributed by atoms with Crippen LogP contribution in [-0.4, -0.2) is 61.0 Å². The molecule has 6 nitrogen and oxygen atoms in total. The number of nitrogens with zero attached hydrogens (tertiary/aromatic N) is 1. The number of hydrogen-bond acceptors (Lipinski definition) is 5. The largest absolute Gasteiger partial charge is 0.495 e. The van der Waals surface area contributed by atoms with Gasteiger partial charge in [-0.05, 0) is 25.0 Å². The summed E-state index contributed by atoms with van der Waals surface area (Å²) in [6, 6.07) is 7.23. The van der Waals surface area contributed by atoms with Gasteiger partial charge in [0.05, 0.1) is 19.3 Å². The molecule has 21 heavy (non-hydrogen) atoms. The molecule has 0 heterocycles. The topological polar surface area (TPSA) is 82.0 Å². The first-order valence-corrected chi connectivity index (χ1v) is 7.08. The van der Waals surface area contributed by atoms with Crippen molar-refractivity contribution in [2.24, 2.45) is 0 Å². The Morgan fingerprint density at radius 2 is 1.81 bits per heavy atom. The molecule has 1 rings (SSSR count). The molecule has 0 saturated heterocycles. The number of anilines is 1. The number of aliphatic hydroxyl groups is 2. The summed E-state index contributed by atoms with van der Waals surface area (Å²) in [5.41, 5.74) is 0.634. The molecule has 0 aliphatic heterocycles. The summed E-state index contributed by atoms with van der Waals surface area (Å²) in [5, 5.41) is 20.6. The maximum Gasteiger partial charge on any atom is 0.238 e. The Balaban J connectivity index is 2.55. The first-order valence-electron chi connectivity index (χ1n) is 7.08. The fourth-order valence-corrected chi connectivity index (χ4v) is 2.00. The number of ether oxygens (including phenoxy) is 1. The average Bonchev–Trinajstić information content (AvgIpc) is 2.50. The second kappa shape index (κ2) is 10.1. The smallest absolute Gasteiger partial charge is 0.238 e. The third-order valence-corrected chi connectivity index (χ3v) is 3.01. The standard InChI is InChI=1S/C15H24N2O4/c1-21-14-7-3-2-6-13(14)16-15(20)12-17(8-4-10-18)9-5-11-19/h2-3,6-7,18-19H,4-5,8-12H2,1H3,(H,16,20). The Morgan fingerprint density at radius 3 is 2.38 bits per heavy atom. The van der Waals surface area contributed by atoms with Crippen LogP contribution in [0.3, 0.4) is 0 Å². The number of methoxy groups -OCH3 is 1. The lowest BCUT2D eigenvalue weighted by Crippen LogP contribution is -2.35. The molecule has 0 spiro atoms. The van der Waals surface area contributed by atoms with Gasteiger partial charge in [-0.3, -0.25) is 9.69 Å². The summed E-state index contributed by atoms with van der Waals surface area (Å²) in [7, 11) is 1.56. The van der Waals surface area contributed by atoms with Gasteiger partial charge < -0.3 is 20.3 Å². The Bertz CT molecular complexity index is 418. The van der Waals surface area contributed by atoms with E-state index in [1.807, 2.05) is 17.0 Å². The summed E-state index contributed by atoms with van der Waals surface area (Å²) in [5.74, 6) is 0.471. The van der Waals surface area contributed by atoms with Crippen molar-refractivity contribution < 1.29 is 19.7 Å². The lowest BCUT2D eigenvalue weighted by molar-refractivity contribution is -0.117. The van der Waals surface area contributed by atoms with Gasteiger partial charge in [0, 0.05) is 26.3 Å². The number of hydrogen-bond donors (Lipinski definition) is 3. The van der Waals surface area contributed by atoms with Gasteiger partial charge in [0.1, 0.15) is 5.75 Å². The van der Waals surface area contributed by atoms with Crippen LogP contribution in [-0.2, 0) is 4.79 Å². The van der Waals surface area contributed by atoms with Crippen molar-refractivity contribution in [2.45, 2.75) is 12.8 Å². The third kappa shape index (κ3) is 6.57. The van der Waals surface area contributed by atoms with Gasteiger partial charge in [-0.2, -0.15) is 0 Å². The zero-order valence-corrected chi connectivity index (χ0v) is 12.4. The molecular formula is C15H24N2O4. The van der Waals surface area contributed by atoms with E-state index in [0.717, 1.165) is 0 Å². The van der Waals surface area contributed by atoms with E-state index in [1.54, 1.807) is 19.2 Å². The van der Waals surface area contributed by atoms with Crippen molar-refractivity contribution in [1.29, 1.82) is 0 Å². The fourth-order valence-electron chi connectivity index (χ4n) is 2.00. The predicted octanol–water partition coefficient (Wildman–Crippen LogP) is 0.700. The number of carbonyl (C=O) groups is 1. The Kier molecular flexibility index (Phi) is 8.42. The minimum absolute atomic E-state index is 0.0871. The van der Waals surface area contributed by atoms with Crippen LogP contribution in [0.2, 0.25) is 0 Å². The van der Waals surface area contributed by atoms with Crippen LogP contribution in [0.1, 0.15) is 12.8 Å². The molecule has 0 atom stereocenters. The second-order valence-electron chi connectivity index (χ2n) is 4.68. The number of amides is 1. The number of para-hydroxylation sites is 2. The van der Waals surface area contributed by atoms with Crippen LogP contribution >= 0.6 is 0 Å². The van der Waals surface area contributed by atoms with E-state index in [2.05, 4.69) is 5.32 Å². The molecule has 1 amide bonds. The van der Waals surface area contributed by atoms with Crippen LogP contribution in [0, 0.1) is 0 Å². The SMILES string of the molecule is COc1ccccc1NC(=O)CN(CCCO)CCCO. The van der Waals surface area contributed by atoms with Crippen molar-refractivity contribution in [3.63, 3.8) is 0 Å². The van der Waals surface area contributed by atoms with Gasteiger partial charge in [-0.1, -0.05) is 12.1 Å². The Labute approximate surface area is 125 Å². The number of nitrogens with one attached hydrogen (secondary N) is 1. The van der Waals surface area contributed by atoms with Crippen molar-refractivity contribution in [3.8, 4) is 5.75 Å². The summed E-state index contributed by atoms with van der Waals surface area (Å²) in [6.45, 7) is 1.64. The molecule has 0 aliphatic carbocycles. The van der Waals surface area contributed by atoms with Crippen LogP contribution in [0.5, 0.6) is 5.75 Å². The zero-order chi connectivity index (χ0) is 15.5. The lowest BCUT2D eigenvalue weighted by atomic mass is 10.3. The van der Waals surface area contributed by atoms with Gasteiger partial charge >= 0.3 is 0 Å². The normalized spacial score (nSPS) is 10.7. The van der Waals surface area contributed by atoms with Crippen LogP contribution < -0.4 is 10.1 Å². The minimum atomic E-state index is -0.143. The third-order valence-electron chi connectivity index (χ3n) is 3.01. The number of aliphatic hydroxyl groups excluding tert-OH is 2. The summed E-state index contributed by atoms with van der Waals surface area (Å²) in [4.78, 5) is 14.0. The number of rotatable bonds is 10. The second-order valence-corrected chi connectivity index (χ2v) is 4.68. The monoisotopic (exact) mass is 296 g/mol. The van der Waals surface area contributed by atoms with Crippen molar-refractivity contribution in [1.82, 2.24) is 4.90 Å². The van der Waals surface area contributed by atoms with Gasteiger partial charge in [0.15, 0.2) is 0 Å². The minimum Gasteiger partial charge on any atom is -0.495 e. The van der Waals surface area contributed by atoms with E-state index in [-0.39, 0.29) is 25.7 Å². The van der Waals surface area contributed by atoms with E-state index >= 15 is 0 Å². The van der Waals surface area contributed by atoms with Gasteiger partial charge in [-0.25, -0.2) is 0 Å². The van der Waals surface area contributed by atoms with E-state index in [1.165, 1.54) is 0 Å². The lowest BCUT2D eigenvalue weighted by Gasteiger charge is -2.21. The molecule has 0 bridgehead atoms. The molecule has 1 aromatic rings. The quantitative estimate of drug-likeness (QED) is 0.592. The molecule has 0 aromatic heterocycles. The highest BCUT2D eigenvalue weighted by Crippen LogP contribution is 2.22. The Hall–Kier alpha value is -1.63. The highest BCUT2D eigenvalue weighted by atomic mass is 16.5. The number of carbonyl (C=O) groups excluding carboxylic acids is 1. The van der Waals surface area contributed by atoms with Crippen LogP contribution in [0.4, 0.5) is 5.69 Å². The van der Waals surface area contributed by atoms with E-state index in [4.69, 9.17) is 14.9 Å². The van der Waals surface area contributed by atoms with Crippen molar-refractivity contribution in [3.05, 3.63) is 24.3 Å².